The largest absolute Gasteiger partial charge is 0.491 e. The van der Waals surface area contributed by atoms with E-state index >= 15 is 0 Å². The first-order chi connectivity index (χ1) is 10.0. The smallest absolute Gasteiger partial charge is 0.120 e. The van der Waals surface area contributed by atoms with Gasteiger partial charge in [0.1, 0.15) is 5.75 Å². The highest BCUT2D eigenvalue weighted by atomic mass is 35.5. The Kier molecular flexibility index (Phi) is 5.66. The summed E-state index contributed by atoms with van der Waals surface area (Å²) in [5.74, 6) is 0.916. The molecule has 0 bridgehead atoms. The van der Waals surface area contributed by atoms with E-state index in [1.165, 1.54) is 11.1 Å². The summed E-state index contributed by atoms with van der Waals surface area (Å²) in [4.78, 5) is 0. The van der Waals surface area contributed by atoms with Gasteiger partial charge in [0.15, 0.2) is 0 Å². The Morgan fingerprint density at radius 3 is 2.52 bits per heavy atom. The van der Waals surface area contributed by atoms with Gasteiger partial charge in [-0.15, -0.1) is 0 Å². The monoisotopic (exact) mass is 303 g/mol. The second-order valence-corrected chi connectivity index (χ2v) is 5.91. The fourth-order valence-corrected chi connectivity index (χ4v) is 2.36. The lowest BCUT2D eigenvalue weighted by atomic mass is 10.1. The molecular formula is C18H22ClNO. The van der Waals surface area contributed by atoms with Crippen LogP contribution in [-0.4, -0.2) is 6.10 Å². The van der Waals surface area contributed by atoms with Gasteiger partial charge in [0.05, 0.1) is 6.10 Å². The fourth-order valence-electron chi connectivity index (χ4n) is 2.17. The number of hydrogen-bond acceptors (Lipinski definition) is 2. The highest BCUT2D eigenvalue weighted by molar-refractivity contribution is 6.30. The van der Waals surface area contributed by atoms with Crippen molar-refractivity contribution in [2.24, 2.45) is 0 Å². The van der Waals surface area contributed by atoms with Gasteiger partial charge in [-0.25, -0.2) is 0 Å². The summed E-state index contributed by atoms with van der Waals surface area (Å²) in [7, 11) is 0. The van der Waals surface area contributed by atoms with Gasteiger partial charge in [-0.1, -0.05) is 35.9 Å². The first-order valence-electron chi connectivity index (χ1n) is 7.29. The van der Waals surface area contributed by atoms with Crippen LogP contribution in [0.1, 0.15) is 37.9 Å². The minimum Gasteiger partial charge on any atom is -0.491 e. The molecule has 2 nitrogen and oxygen atoms in total. The van der Waals surface area contributed by atoms with Gasteiger partial charge in [0.2, 0.25) is 0 Å². The molecule has 0 aromatic heterocycles. The molecular weight excluding hydrogens is 282 g/mol. The first-order valence-corrected chi connectivity index (χ1v) is 7.67. The number of rotatable bonds is 6. The number of nitrogens with one attached hydrogen (secondary N) is 1. The molecule has 0 aliphatic heterocycles. The number of ether oxygens (including phenoxy) is 1. The highest BCUT2D eigenvalue weighted by Gasteiger charge is 2.06. The first kappa shape index (κ1) is 15.9. The van der Waals surface area contributed by atoms with Gasteiger partial charge >= 0.3 is 0 Å². The molecule has 1 N–H and O–H groups in total. The zero-order valence-corrected chi connectivity index (χ0v) is 13.5. The lowest BCUT2D eigenvalue weighted by Gasteiger charge is -2.15. The Morgan fingerprint density at radius 2 is 1.81 bits per heavy atom. The van der Waals surface area contributed by atoms with E-state index in [4.69, 9.17) is 16.3 Å². The molecule has 21 heavy (non-hydrogen) atoms. The SMILES string of the molecule is CC(C)Oc1cccc(CN[C@@H](C)c2cccc(Cl)c2)c1. The maximum Gasteiger partial charge on any atom is 0.120 e. The average molecular weight is 304 g/mol. The Morgan fingerprint density at radius 1 is 1.05 bits per heavy atom. The van der Waals surface area contributed by atoms with Crippen molar-refractivity contribution in [1.82, 2.24) is 5.32 Å². The normalized spacial score (nSPS) is 12.4. The van der Waals surface area contributed by atoms with Gasteiger partial charge < -0.3 is 10.1 Å². The summed E-state index contributed by atoms with van der Waals surface area (Å²) in [6, 6.07) is 16.4. The summed E-state index contributed by atoms with van der Waals surface area (Å²) in [5, 5.41) is 4.28. The molecule has 0 saturated heterocycles. The summed E-state index contributed by atoms with van der Waals surface area (Å²) < 4.78 is 5.72. The minimum atomic E-state index is 0.193. The van der Waals surface area contributed by atoms with Crippen LogP contribution in [0.2, 0.25) is 5.02 Å². The molecule has 1 atom stereocenters. The average Bonchev–Trinajstić information content (AvgIpc) is 2.44. The molecule has 0 saturated carbocycles. The third-order valence-corrected chi connectivity index (χ3v) is 3.47. The van der Waals surface area contributed by atoms with Gasteiger partial charge in [0.25, 0.3) is 0 Å². The van der Waals surface area contributed by atoms with E-state index in [-0.39, 0.29) is 12.1 Å². The van der Waals surface area contributed by atoms with E-state index in [1.807, 2.05) is 44.2 Å². The molecule has 2 rings (SSSR count). The van der Waals surface area contributed by atoms with Gasteiger partial charge in [-0.3, -0.25) is 0 Å². The van der Waals surface area contributed by atoms with Crippen molar-refractivity contribution in [3.8, 4) is 5.75 Å². The van der Waals surface area contributed by atoms with Crippen LogP contribution in [0.3, 0.4) is 0 Å². The van der Waals surface area contributed by atoms with Crippen molar-refractivity contribution in [2.45, 2.75) is 39.5 Å². The molecule has 0 radical (unpaired) electrons. The lowest BCUT2D eigenvalue weighted by Crippen LogP contribution is -2.18. The van der Waals surface area contributed by atoms with E-state index in [2.05, 4.69) is 30.4 Å². The van der Waals surface area contributed by atoms with Crippen molar-refractivity contribution in [3.63, 3.8) is 0 Å². The van der Waals surface area contributed by atoms with E-state index in [9.17, 15) is 0 Å². The maximum atomic E-state index is 6.03. The second-order valence-electron chi connectivity index (χ2n) is 5.47. The van der Waals surface area contributed by atoms with Crippen LogP contribution in [0, 0.1) is 0 Å². The molecule has 0 spiro atoms. The minimum absolute atomic E-state index is 0.193. The van der Waals surface area contributed by atoms with Crippen LogP contribution < -0.4 is 10.1 Å². The van der Waals surface area contributed by atoms with Gasteiger partial charge in [-0.05, 0) is 56.2 Å². The van der Waals surface area contributed by atoms with Crippen LogP contribution in [-0.2, 0) is 6.54 Å². The predicted molar refractivity (Wildman–Crippen MR) is 88.9 cm³/mol. The third kappa shape index (κ3) is 5.07. The molecule has 0 unspecified atom stereocenters. The molecule has 112 valence electrons. The Balaban J connectivity index is 1.96. The van der Waals surface area contributed by atoms with Crippen molar-refractivity contribution in [3.05, 3.63) is 64.7 Å². The topological polar surface area (TPSA) is 21.3 Å². The molecule has 2 aromatic carbocycles. The molecule has 0 heterocycles. The standard InChI is InChI=1S/C18H22ClNO/c1-13(2)21-18-9-4-6-15(10-18)12-20-14(3)16-7-5-8-17(19)11-16/h4-11,13-14,20H,12H2,1-3H3/t14-/m0/s1. The molecule has 2 aromatic rings. The van der Waals surface area contributed by atoms with Crippen LogP contribution in [0.15, 0.2) is 48.5 Å². The quantitative estimate of drug-likeness (QED) is 0.813. The lowest BCUT2D eigenvalue weighted by molar-refractivity contribution is 0.242. The summed E-state index contributed by atoms with van der Waals surface area (Å²) in [6.45, 7) is 7.00. The predicted octanol–water partition coefficient (Wildman–Crippen LogP) is 4.98. The molecule has 3 heteroatoms. The summed E-state index contributed by atoms with van der Waals surface area (Å²) in [6.07, 6.45) is 0.193. The Labute approximate surface area is 132 Å². The second kappa shape index (κ2) is 7.48. The Bertz CT molecular complexity index is 583. The van der Waals surface area contributed by atoms with Crippen LogP contribution in [0.4, 0.5) is 0 Å². The van der Waals surface area contributed by atoms with Crippen LogP contribution >= 0.6 is 11.6 Å². The van der Waals surface area contributed by atoms with Gasteiger partial charge in [-0.2, -0.15) is 0 Å². The number of halogens is 1. The summed E-state index contributed by atoms with van der Waals surface area (Å²) >= 11 is 6.03. The van der Waals surface area contributed by atoms with E-state index in [0.29, 0.717) is 0 Å². The number of benzene rings is 2. The van der Waals surface area contributed by atoms with Crippen LogP contribution in [0.25, 0.3) is 0 Å². The number of hydrogen-bond donors (Lipinski definition) is 1. The van der Waals surface area contributed by atoms with E-state index < -0.39 is 0 Å². The van der Waals surface area contributed by atoms with Crippen molar-refractivity contribution >= 4 is 11.6 Å². The fraction of sp³-hybridized carbons (Fsp3) is 0.333. The van der Waals surface area contributed by atoms with Crippen molar-refractivity contribution < 1.29 is 4.74 Å². The zero-order chi connectivity index (χ0) is 15.2. The van der Waals surface area contributed by atoms with E-state index in [1.54, 1.807) is 0 Å². The Hall–Kier alpha value is -1.51. The van der Waals surface area contributed by atoms with Crippen LogP contribution in [0.5, 0.6) is 5.75 Å². The van der Waals surface area contributed by atoms with E-state index in [0.717, 1.165) is 17.3 Å². The molecule has 0 fully saturated rings. The summed E-state index contributed by atoms with van der Waals surface area (Å²) in [5.41, 5.74) is 2.40. The molecule has 0 aliphatic carbocycles. The molecule has 0 aliphatic rings. The third-order valence-electron chi connectivity index (χ3n) is 3.23. The molecule has 0 amide bonds. The zero-order valence-electron chi connectivity index (χ0n) is 12.8. The highest BCUT2D eigenvalue weighted by Crippen LogP contribution is 2.19. The van der Waals surface area contributed by atoms with Gasteiger partial charge in [0, 0.05) is 17.6 Å². The maximum absolute atomic E-state index is 6.03. The van der Waals surface area contributed by atoms with Crippen molar-refractivity contribution in [1.29, 1.82) is 0 Å². The van der Waals surface area contributed by atoms with Crippen molar-refractivity contribution in [2.75, 3.05) is 0 Å².